The average molecular weight is 561 g/mol. The summed E-state index contributed by atoms with van der Waals surface area (Å²) in [5.41, 5.74) is 2.97. The molecule has 0 bridgehead atoms. The number of nitrogens with one attached hydrogen (secondary N) is 2. The molecule has 3 aromatic heterocycles. The lowest BCUT2D eigenvalue weighted by Gasteiger charge is -2.17. The molecule has 1 amide bonds. The highest BCUT2D eigenvalue weighted by molar-refractivity contribution is 7.99. The van der Waals surface area contributed by atoms with Gasteiger partial charge in [-0.25, -0.2) is 14.6 Å². The van der Waals surface area contributed by atoms with Gasteiger partial charge in [0.15, 0.2) is 22.1 Å². The maximum Gasteiger partial charge on any atom is 0.226 e. The summed E-state index contributed by atoms with van der Waals surface area (Å²) in [4.78, 5) is 26.7. The Bertz CT molecular complexity index is 1470. The third-order valence-corrected chi connectivity index (χ3v) is 8.60. The summed E-state index contributed by atoms with van der Waals surface area (Å²) in [6.07, 6.45) is 1.35. The van der Waals surface area contributed by atoms with Crippen LogP contribution in [0.1, 0.15) is 49.4 Å². The zero-order chi connectivity index (χ0) is 27.6. The molecule has 6 rings (SSSR count). The first kappa shape index (κ1) is 26.6. The SMILES string of the molecule is CCCSc1nc(NC2CC2c2ccccc2)c2nnn(C3CC(C(=O)NCc4ccccn4)C(O)C3O)c2n1. The van der Waals surface area contributed by atoms with Gasteiger partial charge in [0.1, 0.15) is 6.10 Å². The molecule has 208 valence electrons. The minimum absolute atomic E-state index is 0.192. The van der Waals surface area contributed by atoms with Crippen LogP contribution in [0.5, 0.6) is 0 Å². The summed E-state index contributed by atoms with van der Waals surface area (Å²) in [5, 5.41) is 37.5. The first-order valence-corrected chi connectivity index (χ1v) is 14.6. The van der Waals surface area contributed by atoms with E-state index in [-0.39, 0.29) is 24.9 Å². The van der Waals surface area contributed by atoms with E-state index < -0.39 is 24.2 Å². The molecule has 40 heavy (non-hydrogen) atoms. The highest BCUT2D eigenvalue weighted by Crippen LogP contribution is 2.43. The second-order valence-electron chi connectivity index (χ2n) is 10.3. The number of rotatable bonds is 10. The Morgan fingerprint density at radius 3 is 2.67 bits per heavy atom. The smallest absolute Gasteiger partial charge is 0.226 e. The molecule has 2 aliphatic carbocycles. The second-order valence-corrected chi connectivity index (χ2v) is 11.4. The quantitative estimate of drug-likeness (QED) is 0.168. The summed E-state index contributed by atoms with van der Waals surface area (Å²) in [7, 11) is 0. The Morgan fingerprint density at radius 2 is 1.90 bits per heavy atom. The lowest BCUT2D eigenvalue weighted by atomic mass is 10.0. The summed E-state index contributed by atoms with van der Waals surface area (Å²) >= 11 is 1.55. The Labute approximate surface area is 235 Å². The van der Waals surface area contributed by atoms with E-state index in [0.29, 0.717) is 33.8 Å². The fraction of sp³-hybridized carbons (Fsp3) is 0.429. The van der Waals surface area contributed by atoms with Crippen LogP contribution in [0.25, 0.3) is 11.2 Å². The van der Waals surface area contributed by atoms with Crippen molar-refractivity contribution < 1.29 is 15.0 Å². The molecule has 6 unspecified atom stereocenters. The Kier molecular flexibility index (Phi) is 7.63. The predicted octanol–water partition coefficient (Wildman–Crippen LogP) is 2.69. The highest BCUT2D eigenvalue weighted by atomic mass is 32.2. The number of aromatic nitrogens is 6. The second kappa shape index (κ2) is 11.5. The number of aliphatic hydroxyl groups excluding tert-OH is 2. The largest absolute Gasteiger partial charge is 0.390 e. The molecule has 1 aromatic carbocycles. The molecule has 3 heterocycles. The summed E-state index contributed by atoms with van der Waals surface area (Å²) in [6.45, 7) is 2.34. The zero-order valence-electron chi connectivity index (χ0n) is 22.1. The van der Waals surface area contributed by atoms with E-state index in [9.17, 15) is 15.0 Å². The zero-order valence-corrected chi connectivity index (χ0v) is 22.9. The van der Waals surface area contributed by atoms with E-state index >= 15 is 0 Å². The number of nitrogens with zero attached hydrogens (tertiary/aromatic N) is 6. The predicted molar refractivity (Wildman–Crippen MR) is 151 cm³/mol. The molecule has 12 heteroatoms. The molecule has 2 fully saturated rings. The van der Waals surface area contributed by atoms with Gasteiger partial charge in [-0.05, 0) is 37.0 Å². The molecule has 4 aromatic rings. The van der Waals surface area contributed by atoms with Gasteiger partial charge >= 0.3 is 0 Å². The van der Waals surface area contributed by atoms with Crippen molar-refractivity contribution in [2.24, 2.45) is 5.92 Å². The van der Waals surface area contributed by atoms with Gasteiger partial charge in [0, 0.05) is 23.9 Å². The van der Waals surface area contributed by atoms with Crippen molar-refractivity contribution in [1.29, 1.82) is 0 Å². The van der Waals surface area contributed by atoms with Crippen LogP contribution in [0.2, 0.25) is 0 Å². The number of amides is 1. The maximum absolute atomic E-state index is 13.0. The van der Waals surface area contributed by atoms with Gasteiger partial charge in [0.05, 0.1) is 30.3 Å². The van der Waals surface area contributed by atoms with Gasteiger partial charge in [-0.3, -0.25) is 9.78 Å². The summed E-state index contributed by atoms with van der Waals surface area (Å²) < 4.78 is 1.54. The fourth-order valence-electron chi connectivity index (χ4n) is 5.31. The van der Waals surface area contributed by atoms with Gasteiger partial charge in [0.2, 0.25) is 5.91 Å². The molecule has 2 aliphatic rings. The number of pyridine rings is 1. The molecule has 0 saturated heterocycles. The lowest BCUT2D eigenvalue weighted by molar-refractivity contribution is -0.129. The van der Waals surface area contributed by atoms with Crippen LogP contribution in [0.4, 0.5) is 5.82 Å². The van der Waals surface area contributed by atoms with Crippen molar-refractivity contribution in [2.45, 2.75) is 68.1 Å². The van der Waals surface area contributed by atoms with E-state index in [1.807, 2.05) is 30.3 Å². The van der Waals surface area contributed by atoms with E-state index in [1.54, 1.807) is 28.7 Å². The number of hydrogen-bond acceptors (Lipinski definition) is 10. The first-order valence-electron chi connectivity index (χ1n) is 13.6. The molecule has 4 N–H and O–H groups in total. The van der Waals surface area contributed by atoms with Crippen LogP contribution in [0.3, 0.4) is 0 Å². The molecule has 0 spiro atoms. The lowest BCUT2D eigenvalue weighted by Crippen LogP contribution is -2.38. The van der Waals surface area contributed by atoms with Crippen LogP contribution in [0, 0.1) is 5.92 Å². The number of fused-ring (bicyclic) bond motifs is 1. The molecule has 2 saturated carbocycles. The van der Waals surface area contributed by atoms with Crippen LogP contribution < -0.4 is 10.6 Å². The summed E-state index contributed by atoms with van der Waals surface area (Å²) in [6, 6.07) is 15.4. The highest BCUT2D eigenvalue weighted by Gasteiger charge is 2.47. The van der Waals surface area contributed by atoms with Crippen molar-refractivity contribution in [3.05, 3.63) is 66.0 Å². The maximum atomic E-state index is 13.0. The molecule has 11 nitrogen and oxygen atoms in total. The minimum Gasteiger partial charge on any atom is -0.390 e. The van der Waals surface area contributed by atoms with Crippen molar-refractivity contribution in [1.82, 2.24) is 35.3 Å². The third-order valence-electron chi connectivity index (χ3n) is 7.55. The van der Waals surface area contributed by atoms with Crippen LogP contribution >= 0.6 is 11.8 Å². The number of aliphatic hydroxyl groups is 2. The summed E-state index contributed by atoms with van der Waals surface area (Å²) in [5.74, 6) is 0.697. The first-order chi connectivity index (χ1) is 19.5. The number of carbonyl (C=O) groups excluding carboxylic acids is 1. The Morgan fingerprint density at radius 1 is 1.07 bits per heavy atom. The number of hydrogen-bond donors (Lipinski definition) is 4. The van der Waals surface area contributed by atoms with E-state index in [4.69, 9.17) is 9.97 Å². The Balaban J connectivity index is 1.23. The van der Waals surface area contributed by atoms with Crippen molar-refractivity contribution in [3.63, 3.8) is 0 Å². The molecular formula is C28H32N8O3S. The van der Waals surface area contributed by atoms with Gasteiger partial charge in [-0.1, -0.05) is 60.3 Å². The van der Waals surface area contributed by atoms with Crippen LogP contribution in [0.15, 0.2) is 59.9 Å². The molecule has 0 radical (unpaired) electrons. The standard InChI is InChI=1S/C28H32N8O3S/c1-2-12-40-28-32-25(31-20-13-18(20)16-8-4-3-5-9-16)22-26(33-28)36(35-34-22)21-14-19(23(37)24(21)38)27(39)30-15-17-10-6-7-11-29-17/h3-11,18-21,23-24,37-38H,2,12-15H2,1H3,(H,30,39)(H,31,32,33). The van der Waals surface area contributed by atoms with E-state index in [2.05, 4.69) is 45.0 Å². The van der Waals surface area contributed by atoms with Gasteiger partial charge in [0.25, 0.3) is 0 Å². The van der Waals surface area contributed by atoms with E-state index in [1.165, 1.54) is 5.56 Å². The monoisotopic (exact) mass is 560 g/mol. The molecule has 6 atom stereocenters. The average Bonchev–Trinajstić information content (AvgIpc) is 3.53. The molecule has 0 aliphatic heterocycles. The number of benzene rings is 1. The Hall–Kier alpha value is -3.61. The van der Waals surface area contributed by atoms with Gasteiger partial charge in [-0.15, -0.1) is 5.10 Å². The number of thioether (sulfide) groups is 1. The van der Waals surface area contributed by atoms with Crippen molar-refractivity contribution in [3.8, 4) is 0 Å². The van der Waals surface area contributed by atoms with Gasteiger partial charge in [-0.2, -0.15) is 0 Å². The minimum atomic E-state index is -1.25. The third kappa shape index (κ3) is 5.38. The number of anilines is 1. The van der Waals surface area contributed by atoms with Crippen molar-refractivity contribution in [2.75, 3.05) is 11.1 Å². The number of carbonyl (C=O) groups is 1. The van der Waals surface area contributed by atoms with Gasteiger partial charge < -0.3 is 20.8 Å². The van der Waals surface area contributed by atoms with Crippen molar-refractivity contribution >= 4 is 34.7 Å². The fourth-order valence-corrected chi connectivity index (χ4v) is 6.01. The topological polar surface area (TPSA) is 151 Å². The molecular weight excluding hydrogens is 528 g/mol. The van der Waals surface area contributed by atoms with E-state index in [0.717, 1.165) is 18.6 Å². The van der Waals surface area contributed by atoms with Crippen LogP contribution in [-0.4, -0.2) is 70.1 Å². The normalized spacial score (nSPS) is 25.7. The van der Waals surface area contributed by atoms with Crippen LogP contribution in [-0.2, 0) is 11.3 Å².